The average Bonchev–Trinajstić information content (AvgIpc) is 3.26. The molecule has 8 heteroatoms. The first-order valence-electron chi connectivity index (χ1n) is 9.00. The van der Waals surface area contributed by atoms with E-state index >= 15 is 0 Å². The van der Waals surface area contributed by atoms with Gasteiger partial charge in [0.15, 0.2) is 6.61 Å². The van der Waals surface area contributed by atoms with Gasteiger partial charge in [0.25, 0.3) is 11.8 Å². The molecule has 2 heterocycles. The predicted molar refractivity (Wildman–Crippen MR) is 106 cm³/mol. The van der Waals surface area contributed by atoms with Gasteiger partial charge in [0.2, 0.25) is 0 Å². The minimum atomic E-state index is -0.410. The zero-order chi connectivity index (χ0) is 19.9. The maximum atomic E-state index is 12.3. The zero-order valence-electron chi connectivity index (χ0n) is 15.6. The zero-order valence-corrected chi connectivity index (χ0v) is 16.4. The van der Waals surface area contributed by atoms with Crippen molar-refractivity contribution in [1.29, 1.82) is 0 Å². The van der Waals surface area contributed by atoms with Crippen molar-refractivity contribution >= 4 is 34.8 Å². The number of anilines is 1. The lowest BCUT2D eigenvalue weighted by molar-refractivity contribution is -0.152. The van der Waals surface area contributed by atoms with Gasteiger partial charge in [0, 0.05) is 24.8 Å². The number of piperidine rings is 1. The Morgan fingerprint density at radius 1 is 1.18 bits per heavy atom. The van der Waals surface area contributed by atoms with Crippen LogP contribution in [0.1, 0.15) is 22.5 Å². The van der Waals surface area contributed by atoms with Gasteiger partial charge in [0.1, 0.15) is 5.75 Å². The largest absolute Gasteiger partial charge is 0.497 e. The standard InChI is InChI=1S/C20H22N2O5S/c1-26-16-5-2-4-15(12-16)21-18(23)13-27-20(25)14-7-9-22(10-8-14)19(24)17-6-3-11-28-17/h2-6,11-12,14H,7-10,13H2,1H3,(H,21,23). The summed E-state index contributed by atoms with van der Waals surface area (Å²) in [6, 6.07) is 10.6. The number of thiophene rings is 1. The quantitative estimate of drug-likeness (QED) is 0.751. The number of methoxy groups -OCH3 is 1. The van der Waals surface area contributed by atoms with Crippen molar-refractivity contribution in [2.75, 3.05) is 32.1 Å². The van der Waals surface area contributed by atoms with E-state index in [0.717, 1.165) is 0 Å². The van der Waals surface area contributed by atoms with Gasteiger partial charge >= 0.3 is 5.97 Å². The number of likely N-dealkylation sites (tertiary alicyclic amines) is 1. The maximum Gasteiger partial charge on any atom is 0.309 e. The molecule has 0 radical (unpaired) electrons. The summed E-state index contributed by atoms with van der Waals surface area (Å²) in [5, 5.41) is 4.53. The molecule has 1 aromatic heterocycles. The Balaban J connectivity index is 1.41. The van der Waals surface area contributed by atoms with Crippen LogP contribution in [0.2, 0.25) is 0 Å². The van der Waals surface area contributed by atoms with Crippen molar-refractivity contribution in [3.05, 3.63) is 46.7 Å². The Bertz CT molecular complexity index is 829. The Labute approximate surface area is 167 Å². The summed E-state index contributed by atoms with van der Waals surface area (Å²) in [5.41, 5.74) is 0.570. The fourth-order valence-electron chi connectivity index (χ4n) is 3.03. The number of rotatable bonds is 6. The maximum absolute atomic E-state index is 12.3. The molecule has 1 saturated heterocycles. The first-order valence-corrected chi connectivity index (χ1v) is 9.88. The second kappa shape index (κ2) is 9.36. The number of hydrogen-bond donors (Lipinski definition) is 1. The second-order valence-corrected chi connectivity index (χ2v) is 7.38. The van der Waals surface area contributed by atoms with Crippen LogP contribution in [0.15, 0.2) is 41.8 Å². The Hall–Kier alpha value is -2.87. The lowest BCUT2D eigenvalue weighted by Crippen LogP contribution is -2.40. The Kier molecular flexibility index (Phi) is 6.65. The molecule has 0 saturated carbocycles. The molecule has 3 rings (SSSR count). The third-order valence-corrected chi connectivity index (χ3v) is 5.40. The lowest BCUT2D eigenvalue weighted by atomic mass is 9.97. The van der Waals surface area contributed by atoms with Crippen LogP contribution >= 0.6 is 11.3 Å². The number of amides is 2. The third-order valence-electron chi connectivity index (χ3n) is 4.55. The van der Waals surface area contributed by atoms with Crippen LogP contribution in [0, 0.1) is 5.92 Å². The van der Waals surface area contributed by atoms with Gasteiger partial charge in [-0.2, -0.15) is 0 Å². The van der Waals surface area contributed by atoms with Crippen molar-refractivity contribution in [1.82, 2.24) is 4.90 Å². The van der Waals surface area contributed by atoms with Crippen LogP contribution in [-0.2, 0) is 14.3 Å². The van der Waals surface area contributed by atoms with Crippen LogP contribution in [-0.4, -0.2) is 49.5 Å². The first kappa shape index (κ1) is 19.9. The molecule has 0 unspecified atom stereocenters. The van der Waals surface area contributed by atoms with Gasteiger partial charge in [-0.3, -0.25) is 14.4 Å². The van der Waals surface area contributed by atoms with Crippen LogP contribution in [0.4, 0.5) is 5.69 Å². The number of carbonyl (C=O) groups is 3. The van der Waals surface area contributed by atoms with E-state index in [1.807, 2.05) is 11.4 Å². The summed E-state index contributed by atoms with van der Waals surface area (Å²) in [4.78, 5) is 39.0. The van der Waals surface area contributed by atoms with Crippen molar-refractivity contribution in [3.63, 3.8) is 0 Å². The van der Waals surface area contributed by atoms with Gasteiger partial charge < -0.3 is 19.7 Å². The van der Waals surface area contributed by atoms with E-state index in [4.69, 9.17) is 9.47 Å². The molecule has 1 aromatic carbocycles. The lowest BCUT2D eigenvalue weighted by Gasteiger charge is -2.30. The normalized spacial score (nSPS) is 14.4. The number of nitrogens with zero attached hydrogens (tertiary/aromatic N) is 1. The van der Waals surface area contributed by atoms with E-state index in [1.165, 1.54) is 11.3 Å². The number of ether oxygens (including phenoxy) is 2. The van der Waals surface area contributed by atoms with Gasteiger partial charge in [-0.05, 0) is 36.4 Å². The molecule has 0 bridgehead atoms. The third kappa shape index (κ3) is 5.10. The molecule has 1 aliphatic heterocycles. The number of hydrogen-bond acceptors (Lipinski definition) is 6. The van der Waals surface area contributed by atoms with Gasteiger partial charge in [-0.25, -0.2) is 0 Å². The van der Waals surface area contributed by atoms with Crippen LogP contribution in [0.3, 0.4) is 0 Å². The van der Waals surface area contributed by atoms with Crippen molar-refractivity contribution in [3.8, 4) is 5.75 Å². The summed E-state index contributed by atoms with van der Waals surface area (Å²) in [7, 11) is 1.54. The molecule has 0 aliphatic carbocycles. The molecule has 1 N–H and O–H groups in total. The van der Waals surface area contributed by atoms with Crippen LogP contribution in [0.5, 0.6) is 5.75 Å². The highest BCUT2D eigenvalue weighted by atomic mass is 32.1. The summed E-state index contributed by atoms with van der Waals surface area (Å²) in [6.07, 6.45) is 1.07. The highest BCUT2D eigenvalue weighted by Crippen LogP contribution is 2.22. The van der Waals surface area contributed by atoms with Gasteiger partial charge in [-0.15, -0.1) is 11.3 Å². The summed E-state index contributed by atoms with van der Waals surface area (Å²) >= 11 is 1.41. The number of benzene rings is 1. The molecule has 0 atom stereocenters. The number of carbonyl (C=O) groups excluding carboxylic acids is 3. The monoisotopic (exact) mass is 402 g/mol. The Morgan fingerprint density at radius 2 is 1.96 bits per heavy atom. The van der Waals surface area contributed by atoms with E-state index in [2.05, 4.69) is 5.32 Å². The fraction of sp³-hybridized carbons (Fsp3) is 0.350. The Morgan fingerprint density at radius 3 is 2.64 bits per heavy atom. The van der Waals surface area contributed by atoms with E-state index < -0.39 is 11.9 Å². The van der Waals surface area contributed by atoms with Crippen molar-refractivity contribution in [2.45, 2.75) is 12.8 Å². The molecule has 2 aromatic rings. The number of nitrogens with one attached hydrogen (secondary N) is 1. The van der Waals surface area contributed by atoms with E-state index in [9.17, 15) is 14.4 Å². The molecule has 148 valence electrons. The fourth-order valence-corrected chi connectivity index (χ4v) is 3.72. The molecule has 1 fully saturated rings. The topological polar surface area (TPSA) is 84.9 Å². The van der Waals surface area contributed by atoms with Crippen LogP contribution < -0.4 is 10.1 Å². The summed E-state index contributed by atoms with van der Waals surface area (Å²) in [5.74, 6) is -0.480. The SMILES string of the molecule is COc1cccc(NC(=O)COC(=O)C2CCN(C(=O)c3cccs3)CC2)c1. The number of esters is 1. The molecule has 1 aliphatic rings. The first-order chi connectivity index (χ1) is 13.6. The van der Waals surface area contributed by atoms with E-state index in [-0.39, 0.29) is 18.4 Å². The minimum absolute atomic E-state index is 0.000477. The highest BCUT2D eigenvalue weighted by Gasteiger charge is 2.29. The van der Waals surface area contributed by atoms with E-state index in [0.29, 0.717) is 42.2 Å². The summed E-state index contributed by atoms with van der Waals surface area (Å²) < 4.78 is 10.3. The van der Waals surface area contributed by atoms with E-state index in [1.54, 1.807) is 42.3 Å². The molecule has 2 amide bonds. The molecule has 0 spiro atoms. The van der Waals surface area contributed by atoms with Gasteiger partial charge in [-0.1, -0.05) is 12.1 Å². The molecule has 28 heavy (non-hydrogen) atoms. The van der Waals surface area contributed by atoms with Gasteiger partial charge in [0.05, 0.1) is 17.9 Å². The molecular formula is C20H22N2O5S. The highest BCUT2D eigenvalue weighted by molar-refractivity contribution is 7.12. The van der Waals surface area contributed by atoms with Crippen molar-refractivity contribution < 1.29 is 23.9 Å². The minimum Gasteiger partial charge on any atom is -0.497 e. The average molecular weight is 402 g/mol. The second-order valence-electron chi connectivity index (χ2n) is 6.43. The smallest absolute Gasteiger partial charge is 0.309 e. The van der Waals surface area contributed by atoms with Crippen LogP contribution in [0.25, 0.3) is 0 Å². The molecular weight excluding hydrogens is 380 g/mol. The molecule has 7 nitrogen and oxygen atoms in total. The predicted octanol–water partition coefficient (Wildman–Crippen LogP) is 2.79. The summed E-state index contributed by atoms with van der Waals surface area (Å²) in [6.45, 7) is 0.670. The van der Waals surface area contributed by atoms with Crippen molar-refractivity contribution in [2.24, 2.45) is 5.92 Å².